The SMILES string of the molecule is Cc1c(Oc2ncccc2NC(=O)Nc2ccc(OC(F)(F)F)cc2)cccc1N1CC(C)(C)C1. The van der Waals surface area contributed by atoms with Gasteiger partial charge in [0.2, 0.25) is 5.88 Å². The molecule has 184 valence electrons. The quantitative estimate of drug-likeness (QED) is 0.412. The normalized spacial score (nSPS) is 14.6. The number of aromatic nitrogens is 1. The number of nitrogens with one attached hydrogen (secondary N) is 2. The minimum Gasteiger partial charge on any atom is -0.437 e. The molecule has 0 radical (unpaired) electrons. The van der Waals surface area contributed by atoms with Crippen molar-refractivity contribution in [3.63, 3.8) is 0 Å². The zero-order valence-corrected chi connectivity index (χ0v) is 19.4. The van der Waals surface area contributed by atoms with Crippen LogP contribution in [0.25, 0.3) is 0 Å². The molecule has 0 saturated carbocycles. The number of alkyl halides is 3. The maximum absolute atomic E-state index is 12.5. The van der Waals surface area contributed by atoms with Crippen LogP contribution in [0.3, 0.4) is 0 Å². The Labute approximate surface area is 200 Å². The summed E-state index contributed by atoms with van der Waals surface area (Å²) in [5.74, 6) is 0.446. The zero-order valence-electron chi connectivity index (χ0n) is 19.4. The summed E-state index contributed by atoms with van der Waals surface area (Å²) in [7, 11) is 0. The summed E-state index contributed by atoms with van der Waals surface area (Å²) in [6.45, 7) is 8.33. The first-order valence-electron chi connectivity index (χ1n) is 10.9. The number of anilines is 3. The molecule has 7 nitrogen and oxygen atoms in total. The van der Waals surface area contributed by atoms with E-state index < -0.39 is 12.4 Å². The van der Waals surface area contributed by atoms with Crippen molar-refractivity contribution in [1.29, 1.82) is 0 Å². The van der Waals surface area contributed by atoms with Crippen LogP contribution < -0.4 is 25.0 Å². The van der Waals surface area contributed by atoms with Gasteiger partial charge in [-0.2, -0.15) is 0 Å². The lowest BCUT2D eigenvalue weighted by atomic mass is 9.83. The first-order chi connectivity index (χ1) is 16.5. The number of ether oxygens (including phenoxy) is 2. The molecule has 10 heteroatoms. The number of hydrogen-bond donors (Lipinski definition) is 2. The van der Waals surface area contributed by atoms with E-state index in [0.29, 0.717) is 11.4 Å². The second-order valence-corrected chi connectivity index (χ2v) is 9.03. The summed E-state index contributed by atoms with van der Waals surface area (Å²) in [6.07, 6.45) is -3.23. The fourth-order valence-electron chi connectivity index (χ4n) is 3.91. The average Bonchev–Trinajstić information content (AvgIpc) is 2.75. The van der Waals surface area contributed by atoms with Crippen LogP contribution in [0.1, 0.15) is 19.4 Å². The van der Waals surface area contributed by atoms with E-state index in [1.165, 1.54) is 12.1 Å². The molecule has 1 aliphatic rings. The molecule has 2 aromatic carbocycles. The van der Waals surface area contributed by atoms with Crippen LogP contribution in [0.15, 0.2) is 60.8 Å². The molecule has 1 aliphatic heterocycles. The molecule has 4 rings (SSSR count). The molecule has 1 aromatic heterocycles. The highest BCUT2D eigenvalue weighted by molar-refractivity contribution is 6.00. The molecule has 1 saturated heterocycles. The Morgan fingerprint density at radius 3 is 2.40 bits per heavy atom. The third-order valence-electron chi connectivity index (χ3n) is 5.41. The molecule has 0 aliphatic carbocycles. The molecule has 2 heterocycles. The maximum atomic E-state index is 12.5. The topological polar surface area (TPSA) is 75.7 Å². The zero-order chi connectivity index (χ0) is 25.2. The summed E-state index contributed by atoms with van der Waals surface area (Å²) in [4.78, 5) is 19.0. The lowest BCUT2D eigenvalue weighted by molar-refractivity contribution is -0.274. The third-order valence-corrected chi connectivity index (χ3v) is 5.41. The summed E-state index contributed by atoms with van der Waals surface area (Å²) >= 11 is 0. The Bertz CT molecular complexity index is 1210. The molecule has 0 bridgehead atoms. The number of amides is 2. The fraction of sp³-hybridized carbons (Fsp3) is 0.280. The Morgan fingerprint density at radius 1 is 1.03 bits per heavy atom. The highest BCUT2D eigenvalue weighted by atomic mass is 19.4. The van der Waals surface area contributed by atoms with Crippen molar-refractivity contribution in [2.45, 2.75) is 27.1 Å². The monoisotopic (exact) mass is 486 g/mol. The van der Waals surface area contributed by atoms with Crippen LogP contribution in [-0.4, -0.2) is 30.5 Å². The number of urea groups is 1. The van der Waals surface area contributed by atoms with Gasteiger partial charge in [-0.15, -0.1) is 13.2 Å². The molecule has 2 N–H and O–H groups in total. The van der Waals surface area contributed by atoms with Crippen molar-refractivity contribution < 1.29 is 27.4 Å². The Hall–Kier alpha value is -3.95. The van der Waals surface area contributed by atoms with Crippen LogP contribution in [0.5, 0.6) is 17.4 Å². The van der Waals surface area contributed by atoms with Gasteiger partial charge in [0.05, 0.1) is 0 Å². The van der Waals surface area contributed by atoms with Crippen LogP contribution in [0.2, 0.25) is 0 Å². The van der Waals surface area contributed by atoms with Gasteiger partial charge in [-0.3, -0.25) is 0 Å². The van der Waals surface area contributed by atoms with Crippen molar-refractivity contribution in [1.82, 2.24) is 4.98 Å². The minimum atomic E-state index is -4.78. The molecule has 0 unspecified atom stereocenters. The average molecular weight is 486 g/mol. The van der Waals surface area contributed by atoms with Gasteiger partial charge >= 0.3 is 12.4 Å². The van der Waals surface area contributed by atoms with E-state index in [2.05, 4.69) is 39.1 Å². The van der Waals surface area contributed by atoms with E-state index >= 15 is 0 Å². The van der Waals surface area contributed by atoms with Gasteiger partial charge in [0, 0.05) is 36.2 Å². The van der Waals surface area contributed by atoms with Gasteiger partial charge < -0.3 is 25.0 Å². The number of carbonyl (C=O) groups is 1. The highest BCUT2D eigenvalue weighted by Gasteiger charge is 2.35. The summed E-state index contributed by atoms with van der Waals surface area (Å²) in [5.41, 5.74) is 2.94. The summed E-state index contributed by atoms with van der Waals surface area (Å²) in [5, 5.41) is 5.22. The maximum Gasteiger partial charge on any atom is 0.573 e. The van der Waals surface area contributed by atoms with Gasteiger partial charge in [-0.1, -0.05) is 19.9 Å². The number of benzene rings is 2. The number of carbonyl (C=O) groups excluding carboxylic acids is 1. The van der Waals surface area contributed by atoms with Crippen molar-refractivity contribution in [3.05, 3.63) is 66.4 Å². The van der Waals surface area contributed by atoms with Gasteiger partial charge in [0.15, 0.2) is 0 Å². The molecular weight excluding hydrogens is 461 g/mol. The van der Waals surface area contributed by atoms with E-state index in [0.717, 1.165) is 36.5 Å². The molecule has 0 atom stereocenters. The summed E-state index contributed by atoms with van der Waals surface area (Å²) < 4.78 is 46.8. The van der Waals surface area contributed by atoms with Crippen molar-refractivity contribution >= 4 is 23.1 Å². The van der Waals surface area contributed by atoms with E-state index in [-0.39, 0.29) is 22.7 Å². The van der Waals surface area contributed by atoms with E-state index in [9.17, 15) is 18.0 Å². The first kappa shape index (κ1) is 24.2. The molecule has 1 fully saturated rings. The lowest BCUT2D eigenvalue weighted by Crippen LogP contribution is -2.53. The van der Waals surface area contributed by atoms with Crippen LogP contribution >= 0.6 is 0 Å². The van der Waals surface area contributed by atoms with Crippen molar-refractivity contribution in [2.24, 2.45) is 5.41 Å². The van der Waals surface area contributed by atoms with Gasteiger partial charge in [0.25, 0.3) is 0 Å². The number of nitrogens with zero attached hydrogens (tertiary/aromatic N) is 2. The van der Waals surface area contributed by atoms with Gasteiger partial charge in [-0.05, 0) is 60.9 Å². The number of hydrogen-bond acceptors (Lipinski definition) is 5. The minimum absolute atomic E-state index is 0.209. The van der Waals surface area contributed by atoms with E-state index in [1.807, 2.05) is 25.1 Å². The third kappa shape index (κ3) is 6.14. The predicted octanol–water partition coefficient (Wildman–Crippen LogP) is 6.57. The van der Waals surface area contributed by atoms with Gasteiger partial charge in [0.1, 0.15) is 17.2 Å². The lowest BCUT2D eigenvalue weighted by Gasteiger charge is -2.48. The molecule has 0 spiro atoms. The smallest absolute Gasteiger partial charge is 0.437 e. The first-order valence-corrected chi connectivity index (χ1v) is 10.9. The molecular formula is C25H25F3N4O3. The number of pyridine rings is 1. The number of rotatable bonds is 6. The van der Waals surface area contributed by atoms with Crippen molar-refractivity contribution in [3.8, 4) is 17.4 Å². The van der Waals surface area contributed by atoms with E-state index in [4.69, 9.17) is 4.74 Å². The molecule has 3 aromatic rings. The highest BCUT2D eigenvalue weighted by Crippen LogP contribution is 2.39. The van der Waals surface area contributed by atoms with Gasteiger partial charge in [-0.25, -0.2) is 9.78 Å². The standard InChI is InChI=1S/C25H25F3N4O3/c1-16-20(32-14-24(2,3)15-32)7-4-8-21(16)34-22-19(6-5-13-29-22)31-23(33)30-17-9-11-18(12-10-17)35-25(26,27)28/h4-13H,14-15H2,1-3H3,(H2,30,31,33). The Kier molecular flexibility index (Phi) is 6.47. The largest absolute Gasteiger partial charge is 0.573 e. The van der Waals surface area contributed by atoms with Crippen molar-refractivity contribution in [2.75, 3.05) is 28.6 Å². The number of halogens is 3. The Balaban J connectivity index is 1.43. The Morgan fingerprint density at radius 2 is 1.74 bits per heavy atom. The van der Waals surface area contributed by atoms with Crippen LogP contribution in [-0.2, 0) is 0 Å². The molecule has 2 amide bonds. The second kappa shape index (κ2) is 9.36. The van der Waals surface area contributed by atoms with E-state index in [1.54, 1.807) is 18.3 Å². The van der Waals surface area contributed by atoms with Crippen LogP contribution in [0, 0.1) is 12.3 Å². The predicted molar refractivity (Wildman–Crippen MR) is 127 cm³/mol. The fourth-order valence-corrected chi connectivity index (χ4v) is 3.91. The van der Waals surface area contributed by atoms with Crippen LogP contribution in [0.4, 0.5) is 35.0 Å². The summed E-state index contributed by atoms with van der Waals surface area (Å²) in [6, 6.07) is 13.3. The molecule has 35 heavy (non-hydrogen) atoms. The second-order valence-electron chi connectivity index (χ2n) is 9.03.